The summed E-state index contributed by atoms with van der Waals surface area (Å²) in [7, 11) is -3.14. The monoisotopic (exact) mass is 314 g/mol. The molecule has 0 atom stereocenters. The quantitative estimate of drug-likeness (QED) is 0.780. The average molecular weight is 314 g/mol. The van der Waals surface area contributed by atoms with Gasteiger partial charge in [-0.15, -0.1) is 0 Å². The van der Waals surface area contributed by atoms with Crippen molar-refractivity contribution >= 4 is 33.0 Å². The smallest absolute Gasteiger partial charge is 0.277 e. The lowest BCUT2D eigenvalue weighted by Gasteiger charge is -2.18. The lowest BCUT2D eigenvalue weighted by Crippen LogP contribution is -2.32. The van der Waals surface area contributed by atoms with Crippen molar-refractivity contribution in [2.75, 3.05) is 24.7 Å². The van der Waals surface area contributed by atoms with Crippen LogP contribution in [-0.2, 0) is 14.7 Å². The van der Waals surface area contributed by atoms with Crippen molar-refractivity contribution in [1.82, 2.24) is 5.06 Å². The second-order valence-corrected chi connectivity index (χ2v) is 7.08. The summed E-state index contributed by atoms with van der Waals surface area (Å²) in [6, 6.07) is 6.45. The Morgan fingerprint density at radius 1 is 1.20 bits per heavy atom. The number of sulfone groups is 1. The molecule has 0 aromatic heterocycles. The Morgan fingerprint density at radius 2 is 1.80 bits per heavy atom. The van der Waals surface area contributed by atoms with Gasteiger partial charge >= 0.3 is 0 Å². The average Bonchev–Trinajstić information content (AvgIpc) is 2.59. The van der Waals surface area contributed by atoms with Gasteiger partial charge in [-0.2, -0.15) is 0 Å². The first kappa shape index (κ1) is 14.9. The maximum absolute atomic E-state index is 12.2. The molecule has 0 radical (unpaired) electrons. The van der Waals surface area contributed by atoms with E-state index in [0.717, 1.165) is 5.06 Å². The fourth-order valence-corrected chi connectivity index (χ4v) is 2.86. The van der Waals surface area contributed by atoms with Gasteiger partial charge < -0.3 is 5.73 Å². The van der Waals surface area contributed by atoms with Crippen molar-refractivity contribution in [3.63, 3.8) is 0 Å². The molecule has 1 aromatic rings. The standard InChI is InChI=1S/C12H14N2O4S2/c13-11(19)9-1-3-10(4-2-9)12(15)14-5-7-20(16,17)8-6-18-14/h1-4H,5-8H2,(H2,13,19). The second-order valence-electron chi connectivity index (χ2n) is 4.33. The number of carbonyl (C=O) groups excluding carboxylic acids is 1. The van der Waals surface area contributed by atoms with Crippen molar-refractivity contribution in [2.24, 2.45) is 5.73 Å². The van der Waals surface area contributed by atoms with Crippen molar-refractivity contribution < 1.29 is 18.0 Å². The molecule has 0 aliphatic carbocycles. The van der Waals surface area contributed by atoms with E-state index in [-0.39, 0.29) is 35.6 Å². The first-order valence-corrected chi connectivity index (χ1v) is 8.17. The number of nitrogens with two attached hydrogens (primary N) is 1. The van der Waals surface area contributed by atoms with Gasteiger partial charge in [-0.1, -0.05) is 24.4 Å². The van der Waals surface area contributed by atoms with Crippen LogP contribution in [0.5, 0.6) is 0 Å². The summed E-state index contributed by atoms with van der Waals surface area (Å²) in [5, 5.41) is 1.08. The Hall–Kier alpha value is -1.51. The van der Waals surface area contributed by atoms with Crippen LogP contribution in [0.15, 0.2) is 24.3 Å². The molecule has 1 amide bonds. The summed E-state index contributed by atoms with van der Waals surface area (Å²) in [6.07, 6.45) is 0. The number of rotatable bonds is 2. The van der Waals surface area contributed by atoms with Crippen LogP contribution >= 0.6 is 12.2 Å². The van der Waals surface area contributed by atoms with E-state index in [1.807, 2.05) is 0 Å². The highest BCUT2D eigenvalue weighted by Gasteiger charge is 2.24. The number of hydrogen-bond donors (Lipinski definition) is 1. The van der Waals surface area contributed by atoms with Gasteiger partial charge in [0.1, 0.15) is 4.99 Å². The third-order valence-electron chi connectivity index (χ3n) is 2.89. The zero-order chi connectivity index (χ0) is 14.8. The minimum atomic E-state index is -3.14. The molecule has 0 unspecified atom stereocenters. The van der Waals surface area contributed by atoms with Gasteiger partial charge in [0.05, 0.1) is 24.7 Å². The zero-order valence-corrected chi connectivity index (χ0v) is 12.2. The predicted octanol–water partition coefficient (Wildman–Crippen LogP) is 0.123. The predicted molar refractivity (Wildman–Crippen MR) is 78.0 cm³/mol. The first-order valence-electron chi connectivity index (χ1n) is 5.94. The van der Waals surface area contributed by atoms with E-state index < -0.39 is 9.84 Å². The van der Waals surface area contributed by atoms with Gasteiger partial charge in [-0.25, -0.2) is 13.5 Å². The SMILES string of the molecule is NC(=S)c1ccc(C(=O)N2CCS(=O)(=O)CCO2)cc1. The summed E-state index contributed by atoms with van der Waals surface area (Å²) < 4.78 is 22.9. The highest BCUT2D eigenvalue weighted by Crippen LogP contribution is 2.11. The number of benzene rings is 1. The molecule has 0 saturated carbocycles. The molecule has 1 fully saturated rings. The second kappa shape index (κ2) is 5.86. The molecule has 1 heterocycles. The summed E-state index contributed by atoms with van der Waals surface area (Å²) >= 11 is 4.83. The summed E-state index contributed by atoms with van der Waals surface area (Å²) in [6.45, 7) is 0.0112. The van der Waals surface area contributed by atoms with Gasteiger partial charge in [-0.3, -0.25) is 9.63 Å². The van der Waals surface area contributed by atoms with Crippen molar-refractivity contribution in [1.29, 1.82) is 0 Å². The minimum absolute atomic E-state index is 0.0148. The molecule has 0 spiro atoms. The number of hydroxylamine groups is 2. The first-order chi connectivity index (χ1) is 9.39. The minimum Gasteiger partial charge on any atom is -0.389 e. The normalized spacial score (nSPS) is 18.3. The Morgan fingerprint density at radius 3 is 2.40 bits per heavy atom. The molecule has 2 rings (SSSR count). The van der Waals surface area contributed by atoms with Gasteiger partial charge in [0, 0.05) is 11.1 Å². The lowest BCUT2D eigenvalue weighted by molar-refractivity contribution is -0.111. The van der Waals surface area contributed by atoms with Crippen LogP contribution in [0.4, 0.5) is 0 Å². The number of nitrogens with zero attached hydrogens (tertiary/aromatic N) is 1. The third-order valence-corrected chi connectivity index (χ3v) is 4.72. The molecule has 1 aromatic carbocycles. The topological polar surface area (TPSA) is 89.7 Å². The molecule has 20 heavy (non-hydrogen) atoms. The van der Waals surface area contributed by atoms with Crippen LogP contribution in [0.2, 0.25) is 0 Å². The van der Waals surface area contributed by atoms with E-state index in [4.69, 9.17) is 22.8 Å². The van der Waals surface area contributed by atoms with Gasteiger partial charge in [0.15, 0.2) is 9.84 Å². The van der Waals surface area contributed by atoms with E-state index >= 15 is 0 Å². The summed E-state index contributed by atoms with van der Waals surface area (Å²) in [5.74, 6) is -0.544. The van der Waals surface area contributed by atoms with Crippen LogP contribution in [0.1, 0.15) is 15.9 Å². The number of thiocarbonyl (C=S) groups is 1. The van der Waals surface area contributed by atoms with E-state index in [1.165, 1.54) is 0 Å². The number of amides is 1. The van der Waals surface area contributed by atoms with Crippen LogP contribution in [0.3, 0.4) is 0 Å². The van der Waals surface area contributed by atoms with E-state index in [1.54, 1.807) is 24.3 Å². The van der Waals surface area contributed by atoms with Crippen LogP contribution < -0.4 is 5.73 Å². The van der Waals surface area contributed by atoms with Crippen molar-refractivity contribution in [3.8, 4) is 0 Å². The molecule has 2 N–H and O–H groups in total. The molecule has 6 nitrogen and oxygen atoms in total. The van der Waals surface area contributed by atoms with Gasteiger partial charge in [-0.05, 0) is 12.1 Å². The Labute approximate surface area is 122 Å². The largest absolute Gasteiger partial charge is 0.389 e. The Kier molecular flexibility index (Phi) is 4.36. The lowest BCUT2D eigenvalue weighted by atomic mass is 10.1. The van der Waals surface area contributed by atoms with Gasteiger partial charge in [0.2, 0.25) is 0 Å². The summed E-state index contributed by atoms with van der Waals surface area (Å²) in [5.41, 5.74) is 6.53. The highest BCUT2D eigenvalue weighted by molar-refractivity contribution is 7.91. The van der Waals surface area contributed by atoms with Crippen LogP contribution in [0.25, 0.3) is 0 Å². The maximum atomic E-state index is 12.2. The molecule has 1 aliphatic rings. The number of carbonyl (C=O) groups is 1. The van der Waals surface area contributed by atoms with Crippen LogP contribution in [-0.4, -0.2) is 49.0 Å². The van der Waals surface area contributed by atoms with E-state index in [2.05, 4.69) is 0 Å². The van der Waals surface area contributed by atoms with Crippen molar-refractivity contribution in [3.05, 3.63) is 35.4 Å². The summed E-state index contributed by atoms with van der Waals surface area (Å²) in [4.78, 5) is 17.6. The maximum Gasteiger partial charge on any atom is 0.277 e. The third kappa shape index (κ3) is 3.53. The molecular weight excluding hydrogens is 300 g/mol. The molecular formula is C12H14N2O4S2. The van der Waals surface area contributed by atoms with Crippen molar-refractivity contribution in [2.45, 2.75) is 0 Å². The molecule has 1 saturated heterocycles. The molecule has 8 heteroatoms. The molecule has 108 valence electrons. The molecule has 0 bridgehead atoms. The van der Waals surface area contributed by atoms with Crippen LogP contribution in [0, 0.1) is 0 Å². The number of hydrogen-bond acceptors (Lipinski definition) is 5. The zero-order valence-electron chi connectivity index (χ0n) is 10.6. The fourth-order valence-electron chi connectivity index (χ4n) is 1.74. The molecule has 1 aliphatic heterocycles. The Balaban J connectivity index is 2.12. The fraction of sp³-hybridized carbons (Fsp3) is 0.333. The van der Waals surface area contributed by atoms with Gasteiger partial charge in [0.25, 0.3) is 5.91 Å². The highest BCUT2D eigenvalue weighted by atomic mass is 32.2. The Bertz CT molecular complexity index is 625. The van der Waals surface area contributed by atoms with E-state index in [9.17, 15) is 13.2 Å². The van der Waals surface area contributed by atoms with E-state index in [0.29, 0.717) is 11.1 Å².